The van der Waals surface area contributed by atoms with Crippen LogP contribution in [0.4, 0.5) is 0 Å². The topological polar surface area (TPSA) is 80.0 Å². The van der Waals surface area contributed by atoms with E-state index in [0.29, 0.717) is 12.1 Å². The van der Waals surface area contributed by atoms with Gasteiger partial charge in [-0.3, -0.25) is 4.79 Å². The molecule has 1 aromatic heterocycles. The third kappa shape index (κ3) is 4.02. The van der Waals surface area contributed by atoms with E-state index >= 15 is 0 Å². The molecule has 1 amide bonds. The second-order valence-corrected chi connectivity index (χ2v) is 6.83. The normalized spacial score (nSPS) is 10.9. The van der Waals surface area contributed by atoms with Gasteiger partial charge in [-0.2, -0.15) is 0 Å². The third-order valence-electron chi connectivity index (χ3n) is 4.99. The van der Waals surface area contributed by atoms with E-state index in [-0.39, 0.29) is 12.5 Å². The summed E-state index contributed by atoms with van der Waals surface area (Å²) >= 11 is 0. The first kappa shape index (κ1) is 18.8. The van der Waals surface area contributed by atoms with E-state index in [1.165, 1.54) is 0 Å². The first-order chi connectivity index (χ1) is 14.3. The zero-order chi connectivity index (χ0) is 20.1. The van der Waals surface area contributed by atoms with Crippen molar-refractivity contribution in [3.8, 4) is 11.1 Å². The number of aromatic nitrogens is 3. The van der Waals surface area contributed by atoms with Crippen LogP contribution in [-0.2, 0) is 13.2 Å². The molecule has 0 spiro atoms. The molecule has 6 nitrogen and oxygen atoms in total. The number of carbonyl (C=O) groups excluding carboxylic acids is 1. The Kier molecular flexibility index (Phi) is 5.63. The summed E-state index contributed by atoms with van der Waals surface area (Å²) in [5, 5.41) is 22.1. The van der Waals surface area contributed by atoms with Crippen molar-refractivity contribution in [3.63, 3.8) is 0 Å². The van der Waals surface area contributed by atoms with E-state index in [2.05, 4.69) is 15.5 Å². The molecule has 0 bridgehead atoms. The molecule has 0 unspecified atom stereocenters. The minimum atomic E-state index is -0.0908. The highest BCUT2D eigenvalue weighted by Gasteiger charge is 2.14. The number of fused-ring (bicyclic) bond motifs is 1. The summed E-state index contributed by atoms with van der Waals surface area (Å²) in [6, 6.07) is 19.5. The number of nitrogens with zero attached hydrogens (tertiary/aromatic N) is 3. The highest BCUT2D eigenvalue weighted by molar-refractivity contribution is 6.11. The molecule has 2 N–H and O–H groups in total. The van der Waals surface area contributed by atoms with Crippen LogP contribution in [0.25, 0.3) is 21.9 Å². The van der Waals surface area contributed by atoms with Crippen LogP contribution in [0.5, 0.6) is 0 Å². The number of rotatable bonds is 7. The molecule has 0 radical (unpaired) electrons. The molecule has 3 aromatic carbocycles. The van der Waals surface area contributed by atoms with Gasteiger partial charge >= 0.3 is 0 Å². The number of nitrogens with one attached hydrogen (secondary N) is 1. The first-order valence-corrected chi connectivity index (χ1v) is 9.59. The highest BCUT2D eigenvalue weighted by atomic mass is 16.3. The van der Waals surface area contributed by atoms with E-state index in [9.17, 15) is 9.90 Å². The van der Waals surface area contributed by atoms with Gasteiger partial charge in [0.25, 0.3) is 5.91 Å². The maximum atomic E-state index is 12.8. The SMILES string of the molecule is O=C(NCCCn1cnnc1)c1ccc(-c2ccccc2CO)c2ccccc12. The van der Waals surface area contributed by atoms with Crippen molar-refractivity contribution >= 4 is 16.7 Å². The molecule has 0 aliphatic heterocycles. The van der Waals surface area contributed by atoms with Crippen molar-refractivity contribution in [2.75, 3.05) is 6.54 Å². The number of hydrogen-bond acceptors (Lipinski definition) is 4. The number of aryl methyl sites for hydroxylation is 1. The van der Waals surface area contributed by atoms with Crippen LogP contribution in [0, 0.1) is 0 Å². The van der Waals surface area contributed by atoms with Gasteiger partial charge < -0.3 is 15.0 Å². The summed E-state index contributed by atoms with van der Waals surface area (Å²) < 4.78 is 1.88. The molecular formula is C23H22N4O2. The van der Waals surface area contributed by atoms with Gasteiger partial charge in [0, 0.05) is 18.7 Å². The Morgan fingerprint density at radius 3 is 2.41 bits per heavy atom. The number of carbonyl (C=O) groups is 1. The summed E-state index contributed by atoms with van der Waals surface area (Å²) in [7, 11) is 0. The zero-order valence-corrected chi connectivity index (χ0v) is 16.0. The standard InChI is InChI=1S/C23H22N4O2/c28-14-17-6-1-2-7-18(17)21-10-11-22(20-9-4-3-8-19(20)21)23(29)24-12-5-13-27-15-25-26-16-27/h1-4,6-11,15-16,28H,5,12-14H2,(H,24,29). The van der Waals surface area contributed by atoms with Crippen molar-refractivity contribution in [2.45, 2.75) is 19.6 Å². The lowest BCUT2D eigenvalue weighted by Crippen LogP contribution is -2.25. The van der Waals surface area contributed by atoms with Gasteiger partial charge in [0.1, 0.15) is 12.7 Å². The molecule has 1 heterocycles. The Labute approximate surface area is 168 Å². The van der Waals surface area contributed by atoms with Crippen LogP contribution < -0.4 is 5.32 Å². The fourth-order valence-electron chi connectivity index (χ4n) is 3.55. The van der Waals surface area contributed by atoms with Crippen LogP contribution in [0.2, 0.25) is 0 Å². The molecule has 0 atom stereocenters. The van der Waals surface area contributed by atoms with Gasteiger partial charge in [-0.05, 0) is 39.9 Å². The number of aliphatic hydroxyl groups excluding tert-OH is 1. The van der Waals surface area contributed by atoms with Crippen LogP contribution in [0.15, 0.2) is 73.3 Å². The quantitative estimate of drug-likeness (QED) is 0.477. The average molecular weight is 386 g/mol. The number of amides is 1. The number of benzene rings is 3. The Morgan fingerprint density at radius 2 is 1.62 bits per heavy atom. The largest absolute Gasteiger partial charge is 0.392 e. The Balaban J connectivity index is 1.59. The maximum absolute atomic E-state index is 12.8. The van der Waals surface area contributed by atoms with Gasteiger partial charge in [0.2, 0.25) is 0 Å². The minimum Gasteiger partial charge on any atom is -0.392 e. The molecule has 0 saturated heterocycles. The van der Waals surface area contributed by atoms with Crippen molar-refractivity contribution in [3.05, 3.63) is 84.4 Å². The molecule has 146 valence electrons. The molecule has 0 aliphatic carbocycles. The lowest BCUT2D eigenvalue weighted by Gasteiger charge is -2.14. The van der Waals surface area contributed by atoms with Crippen LogP contribution >= 0.6 is 0 Å². The lowest BCUT2D eigenvalue weighted by molar-refractivity contribution is 0.0954. The summed E-state index contributed by atoms with van der Waals surface area (Å²) in [6.07, 6.45) is 4.13. The van der Waals surface area contributed by atoms with E-state index < -0.39 is 0 Å². The van der Waals surface area contributed by atoms with Gasteiger partial charge in [-0.1, -0.05) is 54.6 Å². The van der Waals surface area contributed by atoms with Crippen molar-refractivity contribution < 1.29 is 9.90 Å². The summed E-state index contributed by atoms with van der Waals surface area (Å²) in [4.78, 5) is 12.8. The monoisotopic (exact) mass is 386 g/mol. The van der Waals surface area contributed by atoms with E-state index in [1.54, 1.807) is 12.7 Å². The van der Waals surface area contributed by atoms with Crippen molar-refractivity contribution in [1.29, 1.82) is 0 Å². The second-order valence-electron chi connectivity index (χ2n) is 6.83. The van der Waals surface area contributed by atoms with E-state index in [4.69, 9.17) is 0 Å². The predicted molar refractivity (Wildman–Crippen MR) is 112 cm³/mol. The van der Waals surface area contributed by atoms with Gasteiger partial charge in [-0.25, -0.2) is 0 Å². The van der Waals surface area contributed by atoms with Gasteiger partial charge in [-0.15, -0.1) is 10.2 Å². The highest BCUT2D eigenvalue weighted by Crippen LogP contribution is 2.33. The maximum Gasteiger partial charge on any atom is 0.251 e. The van der Waals surface area contributed by atoms with Crippen LogP contribution in [-0.4, -0.2) is 32.3 Å². The molecule has 4 aromatic rings. The predicted octanol–water partition coefficient (Wildman–Crippen LogP) is 3.41. The van der Waals surface area contributed by atoms with E-state index in [1.807, 2.05) is 65.2 Å². The molecule has 29 heavy (non-hydrogen) atoms. The molecular weight excluding hydrogens is 364 g/mol. The fraction of sp³-hybridized carbons (Fsp3) is 0.174. The third-order valence-corrected chi connectivity index (χ3v) is 4.99. The Hall–Kier alpha value is -3.51. The molecule has 6 heteroatoms. The number of hydrogen-bond donors (Lipinski definition) is 2. The molecule has 0 aliphatic rings. The van der Waals surface area contributed by atoms with Crippen molar-refractivity contribution in [2.24, 2.45) is 0 Å². The Bertz CT molecular complexity index is 1120. The zero-order valence-electron chi connectivity index (χ0n) is 16.0. The number of aliphatic hydroxyl groups is 1. The molecule has 0 saturated carbocycles. The minimum absolute atomic E-state index is 0.0286. The fourth-order valence-corrected chi connectivity index (χ4v) is 3.55. The van der Waals surface area contributed by atoms with Gasteiger partial charge in [0.15, 0.2) is 0 Å². The van der Waals surface area contributed by atoms with Crippen LogP contribution in [0.3, 0.4) is 0 Å². The first-order valence-electron chi connectivity index (χ1n) is 9.59. The lowest BCUT2D eigenvalue weighted by atomic mass is 9.92. The molecule has 4 rings (SSSR count). The van der Waals surface area contributed by atoms with Crippen molar-refractivity contribution in [1.82, 2.24) is 20.1 Å². The average Bonchev–Trinajstić information content (AvgIpc) is 3.29. The van der Waals surface area contributed by atoms with Crippen LogP contribution in [0.1, 0.15) is 22.3 Å². The Morgan fingerprint density at radius 1 is 0.897 bits per heavy atom. The smallest absolute Gasteiger partial charge is 0.251 e. The van der Waals surface area contributed by atoms with Gasteiger partial charge in [0.05, 0.1) is 6.61 Å². The van der Waals surface area contributed by atoms with E-state index in [0.717, 1.165) is 40.4 Å². The second kappa shape index (κ2) is 8.67. The molecule has 0 fully saturated rings. The summed E-state index contributed by atoms with van der Waals surface area (Å²) in [6.45, 7) is 1.30. The summed E-state index contributed by atoms with van der Waals surface area (Å²) in [5.41, 5.74) is 3.50. The summed E-state index contributed by atoms with van der Waals surface area (Å²) in [5.74, 6) is -0.0908.